The summed E-state index contributed by atoms with van der Waals surface area (Å²) in [5.74, 6) is -1.39. The van der Waals surface area contributed by atoms with Gasteiger partial charge in [0.25, 0.3) is 0 Å². The van der Waals surface area contributed by atoms with E-state index in [0.29, 0.717) is 0 Å². The molecule has 0 bridgehead atoms. The quantitative estimate of drug-likeness (QED) is 0.159. The molecule has 0 saturated heterocycles. The summed E-state index contributed by atoms with van der Waals surface area (Å²) in [6, 6.07) is 25.2. The number of benzene rings is 3. The average Bonchev–Trinajstić information content (AvgIpc) is 2.99. The molecule has 8 heteroatoms. The van der Waals surface area contributed by atoms with E-state index in [1.807, 2.05) is 67.6 Å². The number of nitrogens with zero attached hydrogens (tertiary/aromatic N) is 1. The predicted octanol–water partition coefficient (Wildman–Crippen LogP) is 5.61. The number of carbonyl (C=O) groups is 2. The van der Waals surface area contributed by atoms with E-state index in [0.717, 1.165) is 21.0 Å². The number of esters is 2. The van der Waals surface area contributed by atoms with Gasteiger partial charge in [0.2, 0.25) is 10.0 Å². The minimum atomic E-state index is -4.16. The van der Waals surface area contributed by atoms with Crippen LogP contribution in [0.3, 0.4) is 0 Å². The molecule has 0 aliphatic heterocycles. The molecule has 7 nitrogen and oxygen atoms in total. The van der Waals surface area contributed by atoms with Crippen molar-refractivity contribution in [1.82, 2.24) is 4.31 Å². The van der Waals surface area contributed by atoms with Crippen LogP contribution in [0.4, 0.5) is 0 Å². The van der Waals surface area contributed by atoms with Gasteiger partial charge >= 0.3 is 11.9 Å². The summed E-state index contributed by atoms with van der Waals surface area (Å²) in [6.45, 7) is 1.15. The fourth-order valence-corrected chi connectivity index (χ4v) is 5.17. The van der Waals surface area contributed by atoms with Crippen LogP contribution in [0.1, 0.15) is 16.7 Å². The molecular formula is C33H33NO6S. The molecule has 0 fully saturated rings. The molecule has 0 amide bonds. The molecule has 0 atom stereocenters. The second-order valence-corrected chi connectivity index (χ2v) is 10.9. The first-order valence-corrected chi connectivity index (χ1v) is 14.3. The van der Waals surface area contributed by atoms with E-state index in [1.54, 1.807) is 36.4 Å². The van der Waals surface area contributed by atoms with Gasteiger partial charge in [-0.05, 0) is 30.2 Å². The molecular weight excluding hydrogens is 538 g/mol. The third kappa shape index (κ3) is 9.27. The summed E-state index contributed by atoms with van der Waals surface area (Å²) in [5, 5.41) is 0. The van der Waals surface area contributed by atoms with Crippen molar-refractivity contribution in [2.45, 2.75) is 11.8 Å². The van der Waals surface area contributed by atoms with Gasteiger partial charge in [-0.3, -0.25) is 0 Å². The van der Waals surface area contributed by atoms with Gasteiger partial charge in [0.05, 0.1) is 30.3 Å². The number of aryl methyl sites for hydroxylation is 1. The van der Waals surface area contributed by atoms with Crippen molar-refractivity contribution in [3.63, 3.8) is 0 Å². The zero-order valence-electron chi connectivity index (χ0n) is 23.3. The molecule has 0 aromatic heterocycles. The van der Waals surface area contributed by atoms with Crippen molar-refractivity contribution in [3.05, 3.63) is 137 Å². The molecule has 41 heavy (non-hydrogen) atoms. The van der Waals surface area contributed by atoms with Crippen LogP contribution < -0.4 is 0 Å². The highest BCUT2D eigenvalue weighted by Gasteiger charge is 2.29. The summed E-state index contributed by atoms with van der Waals surface area (Å²) in [7, 11) is -1.71. The molecule has 3 aromatic carbocycles. The van der Waals surface area contributed by atoms with E-state index >= 15 is 0 Å². The standard InChI is InChI=1S/C33H33NO6S/c1-26-20-22-31(23-21-26)41(37,38)34(24-29(32(35)39-2)18-10-16-27-12-6-4-7-13-27)25-30(33(36)40-3)19-11-17-28-14-8-5-9-15-28/h4-23H,24-25H2,1-3H3/b16-10+,17-11+,29-18+,30-19+. The van der Waals surface area contributed by atoms with Gasteiger partial charge in [-0.1, -0.05) is 115 Å². The van der Waals surface area contributed by atoms with Crippen molar-refractivity contribution in [3.8, 4) is 0 Å². The van der Waals surface area contributed by atoms with Crippen molar-refractivity contribution < 1.29 is 27.5 Å². The Morgan fingerprint density at radius 2 is 1.10 bits per heavy atom. The van der Waals surface area contributed by atoms with E-state index in [1.165, 1.54) is 38.5 Å². The Balaban J connectivity index is 2.03. The number of methoxy groups -OCH3 is 2. The molecule has 3 aromatic rings. The summed E-state index contributed by atoms with van der Waals surface area (Å²) in [4.78, 5) is 25.5. The van der Waals surface area contributed by atoms with Crippen LogP contribution in [-0.2, 0) is 29.1 Å². The first-order chi connectivity index (χ1) is 19.7. The zero-order chi connectivity index (χ0) is 29.7. The predicted molar refractivity (Wildman–Crippen MR) is 161 cm³/mol. The van der Waals surface area contributed by atoms with Gasteiger partial charge < -0.3 is 9.47 Å². The van der Waals surface area contributed by atoms with E-state index in [9.17, 15) is 18.0 Å². The van der Waals surface area contributed by atoms with Gasteiger partial charge in [-0.25, -0.2) is 18.0 Å². The van der Waals surface area contributed by atoms with Crippen LogP contribution in [0.25, 0.3) is 12.2 Å². The normalized spacial score (nSPS) is 12.7. The molecule has 0 aliphatic carbocycles. The Morgan fingerprint density at radius 3 is 1.49 bits per heavy atom. The Bertz CT molecular complexity index is 1460. The fourth-order valence-electron chi connectivity index (χ4n) is 3.78. The minimum absolute atomic E-state index is 0.0242. The number of hydrogen-bond donors (Lipinski definition) is 0. The van der Waals surface area contributed by atoms with Gasteiger partial charge in [0.15, 0.2) is 0 Å². The van der Waals surface area contributed by atoms with Gasteiger partial charge in [0.1, 0.15) is 0 Å². The van der Waals surface area contributed by atoms with Crippen LogP contribution in [-0.4, -0.2) is 52.0 Å². The lowest BCUT2D eigenvalue weighted by Gasteiger charge is -2.23. The number of hydrogen-bond acceptors (Lipinski definition) is 6. The summed E-state index contributed by atoms with van der Waals surface area (Å²) >= 11 is 0. The van der Waals surface area contributed by atoms with Crippen LogP contribution in [0.15, 0.2) is 125 Å². The highest BCUT2D eigenvalue weighted by molar-refractivity contribution is 7.89. The number of sulfonamides is 1. The maximum Gasteiger partial charge on any atom is 0.335 e. The molecule has 212 valence electrons. The second kappa shape index (κ2) is 15.3. The molecule has 3 rings (SSSR count). The highest BCUT2D eigenvalue weighted by Crippen LogP contribution is 2.21. The number of ether oxygens (including phenoxy) is 2. The van der Waals surface area contributed by atoms with Crippen LogP contribution in [0.2, 0.25) is 0 Å². The summed E-state index contributed by atoms with van der Waals surface area (Å²) < 4.78 is 38.7. The van der Waals surface area contributed by atoms with Crippen molar-refractivity contribution >= 4 is 34.1 Å². The van der Waals surface area contributed by atoms with Crippen molar-refractivity contribution in [2.75, 3.05) is 27.3 Å². The topological polar surface area (TPSA) is 90.0 Å². The summed E-state index contributed by atoms with van der Waals surface area (Å²) in [6.07, 6.45) is 9.89. The smallest absolute Gasteiger partial charge is 0.335 e. The van der Waals surface area contributed by atoms with Gasteiger partial charge in [0, 0.05) is 13.1 Å². The molecule has 0 unspecified atom stereocenters. The SMILES string of the molecule is COC(=O)/C(=C/C=C/c1ccccc1)CN(C/C(=C\C=C\c1ccccc1)C(=O)OC)S(=O)(=O)c1ccc(C)cc1. The second-order valence-electron chi connectivity index (χ2n) is 8.99. The lowest BCUT2D eigenvalue weighted by molar-refractivity contribution is -0.136. The molecule has 0 radical (unpaired) electrons. The lowest BCUT2D eigenvalue weighted by atomic mass is 10.1. The number of allylic oxidation sites excluding steroid dienone is 4. The highest BCUT2D eigenvalue weighted by atomic mass is 32.2. The van der Waals surface area contributed by atoms with Crippen LogP contribution >= 0.6 is 0 Å². The van der Waals surface area contributed by atoms with Gasteiger partial charge in [-0.2, -0.15) is 4.31 Å². The Labute approximate surface area is 241 Å². The monoisotopic (exact) mass is 571 g/mol. The van der Waals surface area contributed by atoms with Crippen molar-refractivity contribution in [2.24, 2.45) is 0 Å². The minimum Gasteiger partial charge on any atom is -0.466 e. The third-order valence-corrected chi connectivity index (χ3v) is 7.82. The fraction of sp³-hybridized carbons (Fsp3) is 0.152. The zero-order valence-corrected chi connectivity index (χ0v) is 24.1. The molecule has 0 aliphatic rings. The first-order valence-electron chi connectivity index (χ1n) is 12.8. The van der Waals surface area contributed by atoms with Crippen LogP contribution in [0, 0.1) is 6.92 Å². The van der Waals surface area contributed by atoms with E-state index in [-0.39, 0.29) is 29.1 Å². The largest absolute Gasteiger partial charge is 0.466 e. The number of rotatable bonds is 12. The Hall–Kier alpha value is -4.53. The average molecular weight is 572 g/mol. The van der Waals surface area contributed by atoms with E-state index < -0.39 is 22.0 Å². The van der Waals surface area contributed by atoms with E-state index in [2.05, 4.69) is 0 Å². The Kier molecular flexibility index (Phi) is 11.6. The molecule has 0 N–H and O–H groups in total. The maximum atomic E-state index is 13.9. The van der Waals surface area contributed by atoms with Crippen molar-refractivity contribution in [1.29, 1.82) is 0 Å². The van der Waals surface area contributed by atoms with Gasteiger partial charge in [-0.15, -0.1) is 0 Å². The van der Waals surface area contributed by atoms with Crippen LogP contribution in [0.5, 0.6) is 0 Å². The molecule has 0 spiro atoms. The molecule has 0 saturated carbocycles. The lowest BCUT2D eigenvalue weighted by Crippen LogP contribution is -2.37. The summed E-state index contributed by atoms with van der Waals surface area (Å²) in [5.41, 5.74) is 2.85. The first kappa shape index (κ1) is 31.0. The van der Waals surface area contributed by atoms with E-state index in [4.69, 9.17) is 9.47 Å². The maximum absolute atomic E-state index is 13.9. The Morgan fingerprint density at radius 1 is 0.683 bits per heavy atom. The third-order valence-electron chi connectivity index (χ3n) is 6.02. The molecule has 0 heterocycles. The number of carbonyl (C=O) groups excluding carboxylic acids is 2.